The predicted octanol–water partition coefficient (Wildman–Crippen LogP) is 4.99. The summed E-state index contributed by atoms with van der Waals surface area (Å²) in [7, 11) is 1.72. The molecule has 1 aromatic heterocycles. The van der Waals surface area contributed by atoms with E-state index in [1.807, 2.05) is 12.1 Å². The quantitative estimate of drug-likeness (QED) is 0.605. The summed E-state index contributed by atoms with van der Waals surface area (Å²) >= 11 is 6.31. The van der Waals surface area contributed by atoms with Crippen LogP contribution in [0, 0.1) is 17.8 Å². The summed E-state index contributed by atoms with van der Waals surface area (Å²) in [6, 6.07) is 14.9. The molecule has 1 saturated carbocycles. The fourth-order valence-electron chi connectivity index (χ4n) is 6.16. The Bertz CT molecular complexity index is 1130. The number of fused-ring (bicyclic) bond motifs is 4. The molecule has 6 rings (SSSR count). The van der Waals surface area contributed by atoms with E-state index >= 15 is 0 Å². The summed E-state index contributed by atoms with van der Waals surface area (Å²) in [6.45, 7) is 2.18. The van der Waals surface area contributed by atoms with Crippen molar-refractivity contribution in [3.05, 3.63) is 64.3 Å². The topological polar surface area (TPSA) is 48.5 Å². The molecule has 1 saturated heterocycles. The second-order valence-corrected chi connectivity index (χ2v) is 10.1. The van der Waals surface area contributed by atoms with E-state index in [0.717, 1.165) is 49.0 Å². The molecule has 0 spiro atoms. The van der Waals surface area contributed by atoms with Gasteiger partial charge in [-0.05, 0) is 85.5 Å². The van der Waals surface area contributed by atoms with Crippen molar-refractivity contribution in [2.45, 2.75) is 37.8 Å². The smallest absolute Gasteiger partial charge is 0.119 e. The molecule has 5 atom stereocenters. The van der Waals surface area contributed by atoms with Gasteiger partial charge in [-0.25, -0.2) is 0 Å². The minimum atomic E-state index is -0.178. The standard InChI is InChI=1S/C26H29ClN2O2/c1-31-19-4-2-3-16(9-19)26(22-13-25(22)30)29-8-7-15-11-24-20(10-17(15)14-29)21-12-18(27)5-6-23(21)28-24/h2-6,9,12,15,17,22,25-26,28,30H,7-8,10-11,13-14H2,1H3. The molecule has 0 amide bonds. The number of piperidine rings is 1. The van der Waals surface area contributed by atoms with Crippen LogP contribution in [0.2, 0.25) is 5.02 Å². The largest absolute Gasteiger partial charge is 0.497 e. The van der Waals surface area contributed by atoms with Gasteiger partial charge in [0.1, 0.15) is 5.75 Å². The first-order valence-electron chi connectivity index (χ1n) is 11.5. The number of halogens is 1. The van der Waals surface area contributed by atoms with Crippen molar-refractivity contribution in [2.75, 3.05) is 20.2 Å². The monoisotopic (exact) mass is 436 g/mol. The zero-order valence-electron chi connectivity index (χ0n) is 17.9. The Morgan fingerprint density at radius 2 is 2.03 bits per heavy atom. The van der Waals surface area contributed by atoms with Crippen LogP contribution in [-0.2, 0) is 12.8 Å². The van der Waals surface area contributed by atoms with Crippen LogP contribution in [0.4, 0.5) is 0 Å². The molecule has 162 valence electrons. The number of aromatic amines is 1. The number of rotatable bonds is 4. The van der Waals surface area contributed by atoms with Crippen LogP contribution in [0.3, 0.4) is 0 Å². The van der Waals surface area contributed by atoms with Crippen LogP contribution >= 0.6 is 11.6 Å². The molecule has 31 heavy (non-hydrogen) atoms. The molecule has 2 N–H and O–H groups in total. The minimum absolute atomic E-state index is 0.178. The number of likely N-dealkylation sites (tertiary alicyclic amines) is 1. The number of aliphatic hydroxyl groups excluding tert-OH is 1. The number of methoxy groups -OCH3 is 1. The number of hydrogen-bond donors (Lipinski definition) is 2. The molecule has 0 radical (unpaired) electrons. The lowest BCUT2D eigenvalue weighted by Crippen LogP contribution is -2.46. The van der Waals surface area contributed by atoms with E-state index in [4.69, 9.17) is 16.3 Å². The Morgan fingerprint density at radius 1 is 1.16 bits per heavy atom. The Labute approximate surface area is 188 Å². The second-order valence-electron chi connectivity index (χ2n) is 9.67. The minimum Gasteiger partial charge on any atom is -0.497 e. The molecule has 3 aliphatic rings. The number of aromatic nitrogens is 1. The van der Waals surface area contributed by atoms with E-state index in [0.29, 0.717) is 11.8 Å². The lowest BCUT2D eigenvalue weighted by molar-refractivity contribution is 0.0583. The van der Waals surface area contributed by atoms with Crippen LogP contribution < -0.4 is 4.74 Å². The Kier molecular flexibility index (Phi) is 4.78. The van der Waals surface area contributed by atoms with Crippen LogP contribution in [0.15, 0.2) is 42.5 Å². The molecule has 2 aliphatic carbocycles. The van der Waals surface area contributed by atoms with Crippen molar-refractivity contribution in [1.82, 2.24) is 9.88 Å². The highest BCUT2D eigenvalue weighted by atomic mass is 35.5. The third-order valence-electron chi connectivity index (χ3n) is 7.85. The van der Waals surface area contributed by atoms with Crippen LogP contribution in [0.1, 0.15) is 35.7 Å². The maximum atomic E-state index is 10.3. The van der Waals surface area contributed by atoms with Crippen molar-refractivity contribution < 1.29 is 9.84 Å². The first-order chi connectivity index (χ1) is 15.1. The number of benzene rings is 2. The highest BCUT2D eigenvalue weighted by molar-refractivity contribution is 6.31. The lowest BCUT2D eigenvalue weighted by atomic mass is 9.73. The van der Waals surface area contributed by atoms with Gasteiger partial charge in [0.15, 0.2) is 0 Å². The highest BCUT2D eigenvalue weighted by Gasteiger charge is 2.47. The fourth-order valence-corrected chi connectivity index (χ4v) is 6.33. The number of H-pyrrole nitrogens is 1. The summed E-state index contributed by atoms with van der Waals surface area (Å²) < 4.78 is 5.49. The number of ether oxygens (including phenoxy) is 1. The predicted molar refractivity (Wildman–Crippen MR) is 124 cm³/mol. The Morgan fingerprint density at radius 3 is 2.84 bits per heavy atom. The van der Waals surface area contributed by atoms with Gasteiger partial charge in [-0.2, -0.15) is 0 Å². The molecule has 2 aromatic carbocycles. The molecular weight excluding hydrogens is 408 g/mol. The van der Waals surface area contributed by atoms with Gasteiger partial charge in [0.25, 0.3) is 0 Å². The van der Waals surface area contributed by atoms with Crippen LogP contribution in [0.25, 0.3) is 10.9 Å². The average Bonchev–Trinajstić information content (AvgIpc) is 3.39. The zero-order valence-corrected chi connectivity index (χ0v) is 18.6. The molecular formula is C26H29ClN2O2. The van der Waals surface area contributed by atoms with Crippen molar-refractivity contribution in [1.29, 1.82) is 0 Å². The number of nitrogens with one attached hydrogen (secondary N) is 1. The van der Waals surface area contributed by atoms with Crippen molar-refractivity contribution >= 4 is 22.5 Å². The van der Waals surface area contributed by atoms with E-state index in [2.05, 4.69) is 40.2 Å². The lowest BCUT2D eigenvalue weighted by Gasteiger charge is -2.44. The average molecular weight is 437 g/mol. The van der Waals surface area contributed by atoms with Gasteiger partial charge in [0, 0.05) is 40.1 Å². The van der Waals surface area contributed by atoms with Crippen molar-refractivity contribution in [3.63, 3.8) is 0 Å². The van der Waals surface area contributed by atoms with Gasteiger partial charge >= 0.3 is 0 Å². The summed E-state index contributed by atoms with van der Waals surface area (Å²) in [5.74, 6) is 2.59. The third kappa shape index (κ3) is 3.45. The van der Waals surface area contributed by atoms with Gasteiger partial charge in [0.2, 0.25) is 0 Å². The molecule has 5 heteroatoms. The molecule has 2 fully saturated rings. The molecule has 1 aliphatic heterocycles. The number of hydrogen-bond acceptors (Lipinski definition) is 3. The SMILES string of the molecule is COc1cccc(C(C2CC2O)N2CCC3Cc4[nH]c5ccc(Cl)cc5c4CC3C2)c1. The Hall–Kier alpha value is -2.01. The maximum Gasteiger partial charge on any atom is 0.119 e. The van der Waals surface area contributed by atoms with E-state index in [1.165, 1.54) is 34.1 Å². The van der Waals surface area contributed by atoms with E-state index in [9.17, 15) is 5.11 Å². The molecule has 5 unspecified atom stereocenters. The summed E-state index contributed by atoms with van der Waals surface area (Å²) in [5.41, 5.74) is 5.36. The van der Waals surface area contributed by atoms with Crippen LogP contribution in [0.5, 0.6) is 5.75 Å². The summed E-state index contributed by atoms with van der Waals surface area (Å²) in [4.78, 5) is 6.31. The van der Waals surface area contributed by atoms with E-state index in [-0.39, 0.29) is 12.1 Å². The van der Waals surface area contributed by atoms with Gasteiger partial charge in [0.05, 0.1) is 13.2 Å². The fraction of sp³-hybridized carbons (Fsp3) is 0.462. The highest BCUT2D eigenvalue weighted by Crippen LogP contribution is 2.48. The molecule has 4 nitrogen and oxygen atoms in total. The summed E-state index contributed by atoms with van der Waals surface area (Å²) in [6.07, 6.45) is 4.18. The van der Waals surface area contributed by atoms with Gasteiger partial charge < -0.3 is 14.8 Å². The third-order valence-corrected chi connectivity index (χ3v) is 8.09. The van der Waals surface area contributed by atoms with Gasteiger partial charge in [-0.3, -0.25) is 4.90 Å². The molecule has 0 bridgehead atoms. The van der Waals surface area contributed by atoms with E-state index < -0.39 is 0 Å². The summed E-state index contributed by atoms with van der Waals surface area (Å²) in [5, 5.41) is 12.4. The first kappa shape index (κ1) is 19.7. The first-order valence-corrected chi connectivity index (χ1v) is 11.8. The van der Waals surface area contributed by atoms with Crippen molar-refractivity contribution in [3.8, 4) is 5.75 Å². The number of aliphatic hydroxyl groups is 1. The second kappa shape index (κ2) is 7.54. The number of nitrogens with zero attached hydrogens (tertiary/aromatic N) is 1. The van der Waals surface area contributed by atoms with Crippen LogP contribution in [-0.4, -0.2) is 41.3 Å². The maximum absolute atomic E-state index is 10.3. The van der Waals surface area contributed by atoms with Gasteiger partial charge in [-0.1, -0.05) is 23.7 Å². The molecule has 2 heterocycles. The zero-order chi connectivity index (χ0) is 21.1. The van der Waals surface area contributed by atoms with Crippen molar-refractivity contribution in [2.24, 2.45) is 17.8 Å². The van der Waals surface area contributed by atoms with E-state index in [1.54, 1.807) is 7.11 Å². The Balaban J connectivity index is 1.29. The normalized spacial score (nSPS) is 28.7. The molecule has 3 aromatic rings. The van der Waals surface area contributed by atoms with Gasteiger partial charge in [-0.15, -0.1) is 0 Å².